The van der Waals surface area contributed by atoms with E-state index in [2.05, 4.69) is 53.5 Å². The number of rotatable bonds is 5. The smallest absolute Gasteiger partial charge is 0.226 e. The highest BCUT2D eigenvalue weighted by molar-refractivity contribution is 5.79. The Kier molecular flexibility index (Phi) is 5.58. The molecule has 0 fully saturated rings. The Morgan fingerprint density at radius 3 is 2.59 bits per heavy atom. The first-order valence-corrected chi connectivity index (χ1v) is 7.54. The van der Waals surface area contributed by atoms with Gasteiger partial charge < -0.3 is 15.1 Å². The van der Waals surface area contributed by atoms with E-state index in [1.54, 1.807) is 13.3 Å². The predicted octanol–water partition coefficient (Wildman–Crippen LogP) is 2.97. The number of hydrogen-bond acceptors (Lipinski definition) is 3. The first-order valence-electron chi connectivity index (χ1n) is 7.54. The number of aromatic nitrogens is 1. The molecule has 0 saturated carbocycles. The van der Waals surface area contributed by atoms with Crippen LogP contribution in [0.1, 0.15) is 25.1 Å². The average molecular weight is 300 g/mol. The fraction of sp³-hybridized carbons (Fsp3) is 0.412. The Bertz CT molecular complexity index is 614. The van der Waals surface area contributed by atoms with E-state index in [1.807, 2.05) is 12.1 Å². The second kappa shape index (κ2) is 7.64. The fourth-order valence-corrected chi connectivity index (χ4v) is 1.91. The molecule has 118 valence electrons. The van der Waals surface area contributed by atoms with Gasteiger partial charge in [-0.05, 0) is 25.0 Å². The maximum atomic E-state index is 5.54. The number of nitrogens with zero attached hydrogens (tertiary/aromatic N) is 2. The normalized spacial score (nSPS) is 11.8. The molecule has 1 aromatic heterocycles. The van der Waals surface area contributed by atoms with Gasteiger partial charge in [0.2, 0.25) is 5.89 Å². The van der Waals surface area contributed by atoms with Crippen LogP contribution in [0.2, 0.25) is 0 Å². The Hall–Kier alpha value is -2.30. The lowest BCUT2D eigenvalue weighted by atomic mass is 10.1. The van der Waals surface area contributed by atoms with Gasteiger partial charge in [0.25, 0.3) is 0 Å². The summed E-state index contributed by atoms with van der Waals surface area (Å²) in [6.07, 6.45) is 1.68. The highest BCUT2D eigenvalue weighted by Crippen LogP contribution is 2.18. The van der Waals surface area contributed by atoms with E-state index >= 15 is 0 Å². The van der Waals surface area contributed by atoms with Crippen molar-refractivity contribution in [2.45, 2.75) is 27.3 Å². The highest BCUT2D eigenvalue weighted by atomic mass is 16.3. The third-order valence-corrected chi connectivity index (χ3v) is 3.19. The molecule has 0 unspecified atom stereocenters. The van der Waals surface area contributed by atoms with Crippen molar-refractivity contribution in [2.24, 2.45) is 10.9 Å². The predicted molar refractivity (Wildman–Crippen MR) is 89.7 cm³/mol. The Labute approximate surface area is 131 Å². The average Bonchev–Trinajstić information content (AvgIpc) is 2.97. The molecule has 2 rings (SSSR count). The molecule has 0 bridgehead atoms. The standard InChI is InChI=1S/C17H24N4O/c1-12(2)9-19-17(18-4)20-10-15-11-22-16(21-15)14-7-5-13(3)6-8-14/h5-8,11-12H,9-10H2,1-4H3,(H2,18,19,20). The van der Waals surface area contributed by atoms with Crippen molar-refractivity contribution < 1.29 is 4.42 Å². The van der Waals surface area contributed by atoms with Crippen LogP contribution in [-0.4, -0.2) is 24.5 Å². The molecule has 22 heavy (non-hydrogen) atoms. The minimum absolute atomic E-state index is 0.568. The van der Waals surface area contributed by atoms with Crippen molar-refractivity contribution in [3.05, 3.63) is 41.8 Å². The maximum Gasteiger partial charge on any atom is 0.226 e. The number of benzene rings is 1. The van der Waals surface area contributed by atoms with Gasteiger partial charge in [0, 0.05) is 19.2 Å². The van der Waals surface area contributed by atoms with E-state index in [9.17, 15) is 0 Å². The lowest BCUT2D eigenvalue weighted by Gasteiger charge is -2.12. The van der Waals surface area contributed by atoms with Crippen LogP contribution in [0.25, 0.3) is 11.5 Å². The number of aliphatic imine (C=N–C) groups is 1. The largest absolute Gasteiger partial charge is 0.444 e. The van der Waals surface area contributed by atoms with E-state index in [4.69, 9.17) is 4.42 Å². The molecule has 2 N–H and O–H groups in total. The molecule has 0 saturated heterocycles. The zero-order valence-corrected chi connectivity index (χ0v) is 13.7. The van der Waals surface area contributed by atoms with E-state index in [-0.39, 0.29) is 0 Å². The summed E-state index contributed by atoms with van der Waals surface area (Å²) in [6, 6.07) is 8.13. The van der Waals surface area contributed by atoms with Gasteiger partial charge in [0.15, 0.2) is 5.96 Å². The number of hydrogen-bond donors (Lipinski definition) is 2. The second-order valence-electron chi connectivity index (χ2n) is 5.71. The van der Waals surface area contributed by atoms with E-state index < -0.39 is 0 Å². The molecular formula is C17H24N4O. The maximum absolute atomic E-state index is 5.54. The van der Waals surface area contributed by atoms with Crippen LogP contribution in [0.4, 0.5) is 0 Å². The van der Waals surface area contributed by atoms with Gasteiger partial charge >= 0.3 is 0 Å². The molecule has 2 aromatic rings. The van der Waals surface area contributed by atoms with Crippen LogP contribution in [0, 0.1) is 12.8 Å². The summed E-state index contributed by atoms with van der Waals surface area (Å²) in [7, 11) is 1.76. The quantitative estimate of drug-likeness (QED) is 0.658. The van der Waals surface area contributed by atoms with Crippen LogP contribution >= 0.6 is 0 Å². The van der Waals surface area contributed by atoms with Crippen molar-refractivity contribution >= 4 is 5.96 Å². The van der Waals surface area contributed by atoms with Crippen molar-refractivity contribution in [1.29, 1.82) is 0 Å². The van der Waals surface area contributed by atoms with Crippen LogP contribution in [0.5, 0.6) is 0 Å². The minimum Gasteiger partial charge on any atom is -0.444 e. The highest BCUT2D eigenvalue weighted by Gasteiger charge is 2.07. The number of aryl methyl sites for hydroxylation is 1. The first-order chi connectivity index (χ1) is 10.6. The zero-order chi connectivity index (χ0) is 15.9. The van der Waals surface area contributed by atoms with Crippen LogP contribution in [-0.2, 0) is 6.54 Å². The van der Waals surface area contributed by atoms with E-state index in [0.717, 1.165) is 23.8 Å². The molecule has 0 atom stereocenters. The van der Waals surface area contributed by atoms with E-state index in [1.165, 1.54) is 5.56 Å². The molecule has 0 aliphatic rings. The van der Waals surface area contributed by atoms with Crippen LogP contribution < -0.4 is 10.6 Å². The van der Waals surface area contributed by atoms with Gasteiger partial charge in [0.05, 0.1) is 12.2 Å². The summed E-state index contributed by atoms with van der Waals surface area (Å²) >= 11 is 0. The van der Waals surface area contributed by atoms with E-state index in [0.29, 0.717) is 18.4 Å². The molecule has 0 amide bonds. The zero-order valence-electron chi connectivity index (χ0n) is 13.7. The SMILES string of the molecule is CN=C(NCc1coc(-c2ccc(C)cc2)n1)NCC(C)C. The third kappa shape index (κ3) is 4.62. The fourth-order valence-electron chi connectivity index (χ4n) is 1.91. The monoisotopic (exact) mass is 300 g/mol. The molecule has 0 radical (unpaired) electrons. The van der Waals surface area contributed by atoms with Crippen molar-refractivity contribution in [1.82, 2.24) is 15.6 Å². The van der Waals surface area contributed by atoms with Gasteiger partial charge in [-0.3, -0.25) is 4.99 Å². The molecule has 1 aromatic carbocycles. The topological polar surface area (TPSA) is 62.5 Å². The second-order valence-corrected chi connectivity index (χ2v) is 5.71. The Morgan fingerprint density at radius 2 is 1.95 bits per heavy atom. The van der Waals surface area contributed by atoms with Gasteiger partial charge in [-0.1, -0.05) is 31.5 Å². The number of guanidine groups is 1. The summed E-state index contributed by atoms with van der Waals surface area (Å²) in [5.74, 6) is 1.98. The number of nitrogens with one attached hydrogen (secondary N) is 2. The lowest BCUT2D eigenvalue weighted by Crippen LogP contribution is -2.38. The summed E-state index contributed by atoms with van der Waals surface area (Å²) in [5, 5.41) is 6.50. The van der Waals surface area contributed by atoms with Crippen molar-refractivity contribution in [3.63, 3.8) is 0 Å². The lowest BCUT2D eigenvalue weighted by molar-refractivity contribution is 0.571. The third-order valence-electron chi connectivity index (χ3n) is 3.19. The van der Waals surface area contributed by atoms with Gasteiger partial charge in [0.1, 0.15) is 6.26 Å². The Morgan fingerprint density at radius 1 is 1.23 bits per heavy atom. The van der Waals surface area contributed by atoms with Crippen molar-refractivity contribution in [2.75, 3.05) is 13.6 Å². The Balaban J connectivity index is 1.93. The van der Waals surface area contributed by atoms with Gasteiger partial charge in [-0.25, -0.2) is 4.98 Å². The molecule has 5 nitrogen and oxygen atoms in total. The molecule has 0 aliphatic heterocycles. The van der Waals surface area contributed by atoms with Crippen molar-refractivity contribution in [3.8, 4) is 11.5 Å². The summed E-state index contributed by atoms with van der Waals surface area (Å²) in [5.41, 5.74) is 3.06. The molecule has 1 heterocycles. The molecule has 5 heteroatoms. The summed E-state index contributed by atoms with van der Waals surface area (Å²) in [6.45, 7) is 7.84. The summed E-state index contributed by atoms with van der Waals surface area (Å²) < 4.78 is 5.54. The number of oxazole rings is 1. The summed E-state index contributed by atoms with van der Waals surface area (Å²) in [4.78, 5) is 8.69. The molecular weight excluding hydrogens is 276 g/mol. The molecule has 0 spiro atoms. The first kappa shape index (κ1) is 16.1. The van der Waals surface area contributed by atoms with Crippen LogP contribution in [0.15, 0.2) is 39.9 Å². The van der Waals surface area contributed by atoms with Gasteiger partial charge in [-0.15, -0.1) is 0 Å². The van der Waals surface area contributed by atoms with Gasteiger partial charge in [-0.2, -0.15) is 0 Å². The van der Waals surface area contributed by atoms with Crippen LogP contribution in [0.3, 0.4) is 0 Å². The molecule has 0 aliphatic carbocycles. The minimum atomic E-state index is 0.568.